The van der Waals surface area contributed by atoms with Crippen LogP contribution in [-0.4, -0.2) is 17.6 Å². The zero-order valence-electron chi connectivity index (χ0n) is 13.0. The zero-order valence-corrected chi connectivity index (χ0v) is 13.0. The third-order valence-corrected chi connectivity index (χ3v) is 4.56. The van der Waals surface area contributed by atoms with Crippen molar-refractivity contribution in [1.29, 1.82) is 0 Å². The minimum atomic E-state index is -0.435. The van der Waals surface area contributed by atoms with E-state index in [9.17, 15) is 4.79 Å². The fraction of sp³-hybridized carbons (Fsp3) is 0.588. The van der Waals surface area contributed by atoms with Crippen molar-refractivity contribution in [2.75, 3.05) is 10.6 Å². The lowest BCUT2D eigenvalue weighted by molar-refractivity contribution is -0.121. The van der Waals surface area contributed by atoms with Crippen LogP contribution in [0.15, 0.2) is 18.2 Å². The molecule has 1 spiro atoms. The monoisotopic (exact) mass is 288 g/mol. The molecule has 2 N–H and O–H groups in total. The molecule has 4 heteroatoms. The van der Waals surface area contributed by atoms with Crippen LogP contribution < -0.4 is 15.4 Å². The number of hydrogen-bond donors (Lipinski definition) is 2. The van der Waals surface area contributed by atoms with E-state index >= 15 is 0 Å². The second-order valence-corrected chi connectivity index (χ2v) is 6.69. The first-order valence-electron chi connectivity index (χ1n) is 7.89. The van der Waals surface area contributed by atoms with Crippen molar-refractivity contribution in [3.63, 3.8) is 0 Å². The van der Waals surface area contributed by atoms with Gasteiger partial charge >= 0.3 is 0 Å². The number of anilines is 2. The summed E-state index contributed by atoms with van der Waals surface area (Å²) in [6.07, 6.45) is 4.07. The van der Waals surface area contributed by atoms with Gasteiger partial charge in [0, 0.05) is 0 Å². The quantitative estimate of drug-likeness (QED) is 0.870. The Morgan fingerprint density at radius 1 is 1.29 bits per heavy atom. The highest BCUT2D eigenvalue weighted by Crippen LogP contribution is 2.43. The van der Waals surface area contributed by atoms with E-state index in [0.717, 1.165) is 42.8 Å². The second-order valence-electron chi connectivity index (χ2n) is 6.69. The number of rotatable bonds is 2. The van der Waals surface area contributed by atoms with Gasteiger partial charge in [0.1, 0.15) is 17.0 Å². The Labute approximate surface area is 126 Å². The van der Waals surface area contributed by atoms with E-state index in [1.165, 1.54) is 0 Å². The molecule has 4 nitrogen and oxygen atoms in total. The first-order chi connectivity index (χ1) is 10.00. The van der Waals surface area contributed by atoms with Crippen molar-refractivity contribution >= 4 is 17.3 Å². The Morgan fingerprint density at radius 3 is 2.67 bits per heavy atom. The molecule has 0 radical (unpaired) electrons. The number of benzene rings is 1. The standard InChI is InChI=1S/C17H24N2O2/c1-11(2)21-14-6-4-5-13-15(14)18-16(20)17(19-13)9-7-12(3)8-10-17/h4-6,11-12,19H,7-10H2,1-3H3,(H,18,20). The fourth-order valence-electron chi connectivity index (χ4n) is 3.27. The molecule has 0 atom stereocenters. The molecule has 114 valence electrons. The largest absolute Gasteiger partial charge is 0.489 e. The molecular formula is C17H24N2O2. The molecule has 0 saturated heterocycles. The van der Waals surface area contributed by atoms with Gasteiger partial charge in [0.25, 0.3) is 0 Å². The number of carbonyl (C=O) groups is 1. The summed E-state index contributed by atoms with van der Waals surface area (Å²) < 4.78 is 5.80. The van der Waals surface area contributed by atoms with Gasteiger partial charge in [-0.05, 0) is 57.6 Å². The summed E-state index contributed by atoms with van der Waals surface area (Å²) in [7, 11) is 0. The molecule has 0 unspecified atom stereocenters. The van der Waals surface area contributed by atoms with Gasteiger partial charge in [-0.25, -0.2) is 0 Å². The van der Waals surface area contributed by atoms with Crippen molar-refractivity contribution < 1.29 is 9.53 Å². The normalized spacial score (nSPS) is 28.0. The van der Waals surface area contributed by atoms with Crippen LogP contribution in [0.3, 0.4) is 0 Å². The number of nitrogens with one attached hydrogen (secondary N) is 2. The van der Waals surface area contributed by atoms with Crippen molar-refractivity contribution in [3.8, 4) is 5.75 Å². The van der Waals surface area contributed by atoms with Gasteiger partial charge in [-0.2, -0.15) is 0 Å². The lowest BCUT2D eigenvalue weighted by Gasteiger charge is -2.43. The molecule has 0 aromatic heterocycles. The van der Waals surface area contributed by atoms with Crippen molar-refractivity contribution in [2.24, 2.45) is 5.92 Å². The molecule has 1 aliphatic heterocycles. The lowest BCUT2D eigenvalue weighted by atomic mass is 9.75. The molecule has 1 aromatic carbocycles. The Bertz CT molecular complexity index is 546. The highest BCUT2D eigenvalue weighted by molar-refractivity contribution is 6.07. The molecule has 1 heterocycles. The summed E-state index contributed by atoms with van der Waals surface area (Å²) in [5.74, 6) is 1.53. The molecule has 1 fully saturated rings. The Hall–Kier alpha value is -1.71. The van der Waals surface area contributed by atoms with Gasteiger partial charge in [0.05, 0.1) is 11.8 Å². The van der Waals surface area contributed by atoms with E-state index in [1.807, 2.05) is 32.0 Å². The summed E-state index contributed by atoms with van der Waals surface area (Å²) in [6.45, 7) is 6.24. The summed E-state index contributed by atoms with van der Waals surface area (Å²) in [5, 5.41) is 6.59. The summed E-state index contributed by atoms with van der Waals surface area (Å²) in [4.78, 5) is 12.6. The molecule has 3 rings (SSSR count). The Kier molecular flexibility index (Phi) is 3.56. The van der Waals surface area contributed by atoms with Crippen LogP contribution in [0.4, 0.5) is 11.4 Å². The van der Waals surface area contributed by atoms with E-state index < -0.39 is 5.54 Å². The molecular weight excluding hydrogens is 264 g/mol. The zero-order chi connectivity index (χ0) is 15.0. The molecule has 1 saturated carbocycles. The van der Waals surface area contributed by atoms with Crippen LogP contribution in [0.2, 0.25) is 0 Å². The van der Waals surface area contributed by atoms with E-state index in [4.69, 9.17) is 4.74 Å². The molecule has 1 amide bonds. The van der Waals surface area contributed by atoms with Crippen LogP contribution in [0.1, 0.15) is 46.5 Å². The summed E-state index contributed by atoms with van der Waals surface area (Å²) in [5.41, 5.74) is 1.32. The van der Waals surface area contributed by atoms with E-state index in [0.29, 0.717) is 5.92 Å². The van der Waals surface area contributed by atoms with Crippen LogP contribution in [0.5, 0.6) is 5.75 Å². The fourth-order valence-corrected chi connectivity index (χ4v) is 3.27. The van der Waals surface area contributed by atoms with E-state index in [2.05, 4.69) is 17.6 Å². The maximum absolute atomic E-state index is 12.6. The first-order valence-corrected chi connectivity index (χ1v) is 7.89. The molecule has 21 heavy (non-hydrogen) atoms. The van der Waals surface area contributed by atoms with Gasteiger partial charge in [-0.1, -0.05) is 13.0 Å². The van der Waals surface area contributed by atoms with Gasteiger partial charge in [0.2, 0.25) is 5.91 Å². The van der Waals surface area contributed by atoms with E-state index in [-0.39, 0.29) is 12.0 Å². The number of para-hydroxylation sites is 1. The third kappa shape index (κ3) is 2.59. The highest BCUT2D eigenvalue weighted by Gasteiger charge is 2.44. The molecule has 0 bridgehead atoms. The van der Waals surface area contributed by atoms with Crippen molar-refractivity contribution in [3.05, 3.63) is 18.2 Å². The average molecular weight is 288 g/mol. The van der Waals surface area contributed by atoms with Crippen molar-refractivity contribution in [2.45, 2.75) is 58.1 Å². The minimum absolute atomic E-state index is 0.0832. The topological polar surface area (TPSA) is 50.4 Å². The molecule has 2 aliphatic rings. The Balaban J connectivity index is 1.90. The van der Waals surface area contributed by atoms with Crippen LogP contribution in [0.25, 0.3) is 0 Å². The first kappa shape index (κ1) is 14.2. The predicted octanol–water partition coefficient (Wildman–Crippen LogP) is 3.79. The number of amides is 1. The third-order valence-electron chi connectivity index (χ3n) is 4.56. The SMILES string of the molecule is CC1CCC2(CC1)Nc1cccc(OC(C)C)c1NC2=O. The lowest BCUT2D eigenvalue weighted by Crippen LogP contribution is -2.54. The van der Waals surface area contributed by atoms with Crippen molar-refractivity contribution in [1.82, 2.24) is 0 Å². The van der Waals surface area contributed by atoms with Gasteiger partial charge in [-0.3, -0.25) is 4.79 Å². The number of hydrogen-bond acceptors (Lipinski definition) is 3. The maximum Gasteiger partial charge on any atom is 0.250 e. The summed E-state index contributed by atoms with van der Waals surface area (Å²) in [6, 6.07) is 5.89. The maximum atomic E-state index is 12.6. The van der Waals surface area contributed by atoms with E-state index in [1.54, 1.807) is 0 Å². The highest BCUT2D eigenvalue weighted by atomic mass is 16.5. The van der Waals surface area contributed by atoms with Crippen LogP contribution >= 0.6 is 0 Å². The minimum Gasteiger partial charge on any atom is -0.489 e. The molecule has 1 aliphatic carbocycles. The van der Waals surface area contributed by atoms with Crippen LogP contribution in [0, 0.1) is 5.92 Å². The number of ether oxygens (including phenoxy) is 1. The van der Waals surface area contributed by atoms with Gasteiger partial charge in [-0.15, -0.1) is 0 Å². The average Bonchev–Trinajstić information content (AvgIpc) is 2.44. The Morgan fingerprint density at radius 2 is 2.00 bits per heavy atom. The van der Waals surface area contributed by atoms with Gasteiger partial charge in [0.15, 0.2) is 0 Å². The predicted molar refractivity (Wildman–Crippen MR) is 84.8 cm³/mol. The number of carbonyl (C=O) groups excluding carboxylic acids is 1. The molecule has 1 aromatic rings. The summed E-state index contributed by atoms with van der Waals surface area (Å²) >= 11 is 0. The van der Waals surface area contributed by atoms with Gasteiger partial charge < -0.3 is 15.4 Å². The second kappa shape index (κ2) is 5.24. The number of fused-ring (bicyclic) bond motifs is 1. The smallest absolute Gasteiger partial charge is 0.250 e. The van der Waals surface area contributed by atoms with Crippen LogP contribution in [-0.2, 0) is 4.79 Å².